The number of nitrogens with zero attached hydrogens (tertiary/aromatic N) is 2. The summed E-state index contributed by atoms with van der Waals surface area (Å²) < 4.78 is 5.84. The Balaban J connectivity index is 1.59. The number of hydrogen-bond acceptors (Lipinski definition) is 4. The number of hydrogen-bond donors (Lipinski definition) is 1. The predicted molar refractivity (Wildman–Crippen MR) is 88.7 cm³/mol. The molecule has 0 amide bonds. The Morgan fingerprint density at radius 3 is 2.77 bits per heavy atom. The van der Waals surface area contributed by atoms with Gasteiger partial charge in [0.2, 0.25) is 0 Å². The number of ether oxygens (including phenoxy) is 1. The van der Waals surface area contributed by atoms with Gasteiger partial charge in [0, 0.05) is 31.0 Å². The molecule has 4 atom stereocenters. The highest BCUT2D eigenvalue weighted by molar-refractivity contribution is 5.17. The molecule has 3 heterocycles. The summed E-state index contributed by atoms with van der Waals surface area (Å²) in [6, 6.07) is 5.36. The molecule has 0 bridgehead atoms. The summed E-state index contributed by atoms with van der Waals surface area (Å²) in [7, 11) is 2.23. The zero-order valence-corrected chi connectivity index (χ0v) is 14.0. The minimum atomic E-state index is 0.377. The van der Waals surface area contributed by atoms with Crippen LogP contribution in [0.15, 0.2) is 24.5 Å². The van der Waals surface area contributed by atoms with Gasteiger partial charge in [-0.05, 0) is 64.3 Å². The first-order chi connectivity index (χ1) is 10.6. The molecular formula is C18H29N3O. The second-order valence-corrected chi connectivity index (χ2v) is 7.09. The lowest BCUT2D eigenvalue weighted by molar-refractivity contribution is -0.0425. The number of likely N-dealkylation sites (tertiary alicyclic amines) is 1. The van der Waals surface area contributed by atoms with Gasteiger partial charge in [-0.1, -0.05) is 6.07 Å². The van der Waals surface area contributed by atoms with Gasteiger partial charge >= 0.3 is 0 Å². The second-order valence-electron chi connectivity index (χ2n) is 7.09. The van der Waals surface area contributed by atoms with Crippen molar-refractivity contribution in [1.29, 1.82) is 0 Å². The molecule has 122 valence electrons. The Hall–Kier alpha value is -0.970. The maximum atomic E-state index is 5.84. The topological polar surface area (TPSA) is 37.4 Å². The van der Waals surface area contributed by atoms with Gasteiger partial charge in [0.05, 0.1) is 12.2 Å². The smallest absolute Gasteiger partial charge is 0.0565 e. The summed E-state index contributed by atoms with van der Waals surface area (Å²) in [5.74, 6) is 0.669. The highest BCUT2D eigenvalue weighted by Crippen LogP contribution is 2.35. The molecule has 0 radical (unpaired) electrons. The van der Waals surface area contributed by atoms with Crippen molar-refractivity contribution >= 4 is 0 Å². The fourth-order valence-corrected chi connectivity index (χ4v) is 4.21. The van der Waals surface area contributed by atoms with E-state index in [1.807, 2.05) is 18.5 Å². The summed E-state index contributed by atoms with van der Waals surface area (Å²) in [6.07, 6.45) is 8.16. The molecule has 0 saturated carbocycles. The Labute approximate surface area is 134 Å². The third-order valence-corrected chi connectivity index (χ3v) is 5.17. The summed E-state index contributed by atoms with van der Waals surface area (Å²) in [6.45, 7) is 6.64. The van der Waals surface area contributed by atoms with Gasteiger partial charge < -0.3 is 10.1 Å². The number of aromatic nitrogens is 1. The molecule has 0 unspecified atom stereocenters. The molecule has 0 spiro atoms. The van der Waals surface area contributed by atoms with Crippen molar-refractivity contribution in [2.75, 3.05) is 20.1 Å². The molecule has 2 aliphatic heterocycles. The van der Waals surface area contributed by atoms with Gasteiger partial charge in [-0.2, -0.15) is 0 Å². The van der Waals surface area contributed by atoms with Gasteiger partial charge in [-0.25, -0.2) is 0 Å². The summed E-state index contributed by atoms with van der Waals surface area (Å²) in [5.41, 5.74) is 1.35. The van der Waals surface area contributed by atoms with E-state index in [0.717, 1.165) is 19.4 Å². The molecule has 3 rings (SSSR count). The molecule has 1 aromatic rings. The molecule has 0 aromatic carbocycles. The molecule has 0 aliphatic carbocycles. The molecule has 22 heavy (non-hydrogen) atoms. The van der Waals surface area contributed by atoms with Crippen LogP contribution in [0.4, 0.5) is 0 Å². The van der Waals surface area contributed by atoms with Gasteiger partial charge in [0.1, 0.15) is 0 Å². The summed E-state index contributed by atoms with van der Waals surface area (Å²) in [5, 5.41) is 3.82. The van der Waals surface area contributed by atoms with E-state index in [2.05, 4.69) is 42.2 Å². The lowest BCUT2D eigenvalue weighted by Gasteiger charge is -2.34. The van der Waals surface area contributed by atoms with Crippen LogP contribution in [0.5, 0.6) is 0 Å². The third-order valence-electron chi connectivity index (χ3n) is 5.17. The molecule has 2 saturated heterocycles. The Kier molecular flexibility index (Phi) is 5.11. The van der Waals surface area contributed by atoms with Gasteiger partial charge in [-0.15, -0.1) is 0 Å². The lowest BCUT2D eigenvalue weighted by Crippen LogP contribution is -2.43. The molecule has 2 aliphatic rings. The van der Waals surface area contributed by atoms with Crippen LogP contribution in [0.1, 0.15) is 44.7 Å². The Bertz CT molecular complexity index is 457. The third kappa shape index (κ3) is 3.67. The average Bonchev–Trinajstić information content (AvgIpc) is 2.86. The van der Waals surface area contributed by atoms with Crippen molar-refractivity contribution in [3.8, 4) is 0 Å². The van der Waals surface area contributed by atoms with Crippen molar-refractivity contribution in [3.63, 3.8) is 0 Å². The lowest BCUT2D eigenvalue weighted by atomic mass is 9.93. The van der Waals surface area contributed by atoms with Crippen LogP contribution in [-0.4, -0.2) is 48.3 Å². The van der Waals surface area contributed by atoms with E-state index in [0.29, 0.717) is 30.2 Å². The van der Waals surface area contributed by atoms with E-state index >= 15 is 0 Å². The fraction of sp³-hybridized carbons (Fsp3) is 0.722. The van der Waals surface area contributed by atoms with Crippen molar-refractivity contribution < 1.29 is 4.74 Å². The van der Waals surface area contributed by atoms with Crippen LogP contribution in [-0.2, 0) is 4.74 Å². The standard InChI is InChI=1S/C18H29N3O/c1-13-9-17(10-14(2)22-13)20-12-16-6-8-21(3)18(16)15-5-4-7-19-11-15/h4-5,7,11,13-14,16-18,20H,6,8-10,12H2,1-3H3/t13-,14-,16+,18+/m1/s1. The first kappa shape index (κ1) is 15.9. The zero-order valence-electron chi connectivity index (χ0n) is 14.0. The minimum absolute atomic E-state index is 0.377. The quantitative estimate of drug-likeness (QED) is 0.928. The summed E-state index contributed by atoms with van der Waals surface area (Å²) in [4.78, 5) is 6.78. The van der Waals surface area contributed by atoms with E-state index in [1.54, 1.807) is 0 Å². The van der Waals surface area contributed by atoms with Crippen LogP contribution in [0.3, 0.4) is 0 Å². The largest absolute Gasteiger partial charge is 0.375 e. The normalized spacial score (nSPS) is 36.6. The van der Waals surface area contributed by atoms with E-state index in [1.165, 1.54) is 18.5 Å². The van der Waals surface area contributed by atoms with Crippen molar-refractivity contribution in [2.24, 2.45) is 5.92 Å². The van der Waals surface area contributed by atoms with Crippen LogP contribution >= 0.6 is 0 Å². The molecule has 2 fully saturated rings. The highest BCUT2D eigenvalue weighted by Gasteiger charge is 2.34. The van der Waals surface area contributed by atoms with E-state index < -0.39 is 0 Å². The monoisotopic (exact) mass is 303 g/mol. The number of pyridine rings is 1. The van der Waals surface area contributed by atoms with E-state index in [4.69, 9.17) is 4.74 Å². The Morgan fingerprint density at radius 1 is 1.32 bits per heavy atom. The van der Waals surface area contributed by atoms with Crippen LogP contribution in [0.25, 0.3) is 0 Å². The summed E-state index contributed by atoms with van der Waals surface area (Å²) >= 11 is 0. The van der Waals surface area contributed by atoms with Crippen LogP contribution in [0.2, 0.25) is 0 Å². The molecule has 4 heteroatoms. The second kappa shape index (κ2) is 7.07. The minimum Gasteiger partial charge on any atom is -0.375 e. The van der Waals surface area contributed by atoms with Gasteiger partial charge in [-0.3, -0.25) is 9.88 Å². The fourth-order valence-electron chi connectivity index (χ4n) is 4.21. The average molecular weight is 303 g/mol. The van der Waals surface area contributed by atoms with Crippen molar-refractivity contribution in [1.82, 2.24) is 15.2 Å². The molecular weight excluding hydrogens is 274 g/mol. The molecule has 4 nitrogen and oxygen atoms in total. The Morgan fingerprint density at radius 2 is 2.09 bits per heavy atom. The van der Waals surface area contributed by atoms with Crippen LogP contribution in [0, 0.1) is 5.92 Å². The number of rotatable bonds is 4. The van der Waals surface area contributed by atoms with E-state index in [9.17, 15) is 0 Å². The van der Waals surface area contributed by atoms with Gasteiger partial charge in [0.15, 0.2) is 0 Å². The van der Waals surface area contributed by atoms with Crippen LogP contribution < -0.4 is 5.32 Å². The maximum Gasteiger partial charge on any atom is 0.0565 e. The first-order valence-corrected chi connectivity index (χ1v) is 8.62. The predicted octanol–water partition coefficient (Wildman–Crippen LogP) is 2.62. The maximum absolute atomic E-state index is 5.84. The van der Waals surface area contributed by atoms with Crippen molar-refractivity contribution in [2.45, 2.75) is 57.4 Å². The van der Waals surface area contributed by atoms with E-state index in [-0.39, 0.29) is 0 Å². The molecule has 1 aromatic heterocycles. The van der Waals surface area contributed by atoms with Crippen molar-refractivity contribution in [3.05, 3.63) is 30.1 Å². The highest BCUT2D eigenvalue weighted by atomic mass is 16.5. The number of nitrogens with one attached hydrogen (secondary N) is 1. The first-order valence-electron chi connectivity index (χ1n) is 8.62. The zero-order chi connectivity index (χ0) is 15.5. The molecule has 1 N–H and O–H groups in total. The van der Waals surface area contributed by atoms with Gasteiger partial charge in [0.25, 0.3) is 0 Å². The SMILES string of the molecule is C[C@@H]1CC(NC[C@@H]2CCN(C)[C@H]2c2cccnc2)C[C@@H](C)O1.